The summed E-state index contributed by atoms with van der Waals surface area (Å²) in [5.41, 5.74) is 6.91. The Balaban J connectivity index is 1.05. The van der Waals surface area contributed by atoms with Crippen molar-refractivity contribution in [2.75, 3.05) is 38.1 Å². The third-order valence-electron chi connectivity index (χ3n) is 9.32. The number of hydrazone groups is 1. The number of amides is 4. The predicted octanol–water partition coefficient (Wildman–Crippen LogP) is 2.38. The summed E-state index contributed by atoms with van der Waals surface area (Å²) in [7, 11) is -4.43. The number of pyridine rings is 1. The minimum atomic E-state index is -4.43. The van der Waals surface area contributed by atoms with E-state index >= 15 is 0 Å². The fourth-order valence-electron chi connectivity index (χ4n) is 6.33. The summed E-state index contributed by atoms with van der Waals surface area (Å²) >= 11 is 0. The molecule has 2 fully saturated rings. The second-order valence-electron chi connectivity index (χ2n) is 13.0. The number of nitrogens with one attached hydrogen (secondary N) is 3. The van der Waals surface area contributed by atoms with Crippen LogP contribution in [-0.2, 0) is 35.8 Å². The number of hydroxylamine groups is 1. The molecule has 0 bridgehead atoms. The zero-order valence-electron chi connectivity index (χ0n) is 29.2. The lowest BCUT2D eigenvalue weighted by molar-refractivity contribution is -0.152. The number of hydrogen-bond acceptors (Lipinski definition) is 11. The Morgan fingerprint density at radius 2 is 1.68 bits per heavy atom. The average molecular weight is 750 g/mol. The molecule has 1 aromatic heterocycles. The molecule has 3 aromatic rings. The number of benzene rings is 2. The molecule has 5 N–H and O–H groups in total. The lowest BCUT2D eigenvalue weighted by Gasteiger charge is -2.40. The van der Waals surface area contributed by atoms with Gasteiger partial charge >= 0.3 is 0 Å². The number of carbonyl (C=O) groups excluding carboxylic acids is 4. The number of rotatable bonds is 13. The maximum atomic E-state index is 13.6. The third-order valence-corrected chi connectivity index (χ3v) is 10.2. The predicted molar refractivity (Wildman–Crippen MR) is 192 cm³/mol. The van der Waals surface area contributed by atoms with Gasteiger partial charge in [0.05, 0.1) is 36.3 Å². The van der Waals surface area contributed by atoms with Crippen LogP contribution in [0.15, 0.2) is 76.9 Å². The van der Waals surface area contributed by atoms with Crippen molar-refractivity contribution in [1.29, 1.82) is 0 Å². The van der Waals surface area contributed by atoms with E-state index in [9.17, 15) is 37.4 Å². The quantitative estimate of drug-likeness (QED) is 0.0739. The van der Waals surface area contributed by atoms with Crippen LogP contribution < -0.4 is 16.2 Å². The lowest BCUT2D eigenvalue weighted by atomic mass is 9.83. The van der Waals surface area contributed by atoms with Crippen LogP contribution in [0.2, 0.25) is 0 Å². The van der Waals surface area contributed by atoms with E-state index in [1.807, 2.05) is 31.2 Å². The molecule has 3 heterocycles. The van der Waals surface area contributed by atoms with Gasteiger partial charge in [0.1, 0.15) is 10.7 Å². The molecule has 2 aliphatic rings. The van der Waals surface area contributed by atoms with E-state index in [4.69, 9.17) is 4.74 Å². The molecular weight excluding hydrogens is 707 g/mol. The van der Waals surface area contributed by atoms with E-state index in [1.165, 1.54) is 53.2 Å². The standard InChI is InChI=1S/C36H43N7O9S/c1-24-6-8-25(9-7-24)23-52-28-13-17-42(18-14-28)36(47)29-15-19-43(22-30(29)35(46)41-48)33(44)12-16-37-34(45)27-10-11-32(38-20-27)40-39-21-26-4-2-3-5-31(26)53(49,50)51/h2-11,20-21,28-30,48H,12-19,22-23H2,1H3,(H,37,45)(H,38,40)(H,41,46)(H,49,50,51)/b39-21+/t29-,30?/m0/s1. The van der Waals surface area contributed by atoms with E-state index in [0.29, 0.717) is 32.5 Å². The summed E-state index contributed by atoms with van der Waals surface area (Å²) in [5, 5.41) is 16.0. The molecule has 4 amide bonds. The SMILES string of the molecule is Cc1ccc(COC2CCN(C(=O)[C@H]3CCN(C(=O)CCNC(=O)c4ccc(N/N=C/c5ccccc5S(=O)(=O)O)nc4)CC3C(=O)NO)CC2)cc1. The molecule has 53 heavy (non-hydrogen) atoms. The van der Waals surface area contributed by atoms with Gasteiger partial charge < -0.3 is 19.9 Å². The number of anilines is 1. The maximum absolute atomic E-state index is 13.6. The summed E-state index contributed by atoms with van der Waals surface area (Å²) in [6.45, 7) is 3.70. The van der Waals surface area contributed by atoms with E-state index in [0.717, 1.165) is 5.56 Å². The first-order valence-electron chi connectivity index (χ1n) is 17.2. The first-order chi connectivity index (χ1) is 25.4. The van der Waals surface area contributed by atoms with Crippen molar-refractivity contribution in [1.82, 2.24) is 25.6 Å². The van der Waals surface area contributed by atoms with Gasteiger partial charge in [-0.1, -0.05) is 48.0 Å². The van der Waals surface area contributed by atoms with Crippen molar-refractivity contribution in [2.45, 2.75) is 50.2 Å². The maximum Gasteiger partial charge on any atom is 0.295 e. The number of nitrogens with zero attached hydrogens (tertiary/aromatic N) is 4. The van der Waals surface area contributed by atoms with Gasteiger partial charge in [0.15, 0.2) is 0 Å². The molecule has 0 radical (unpaired) electrons. The smallest absolute Gasteiger partial charge is 0.295 e. The summed E-state index contributed by atoms with van der Waals surface area (Å²) in [5.74, 6) is -3.08. The molecule has 17 heteroatoms. The Morgan fingerprint density at radius 1 is 0.962 bits per heavy atom. The lowest BCUT2D eigenvalue weighted by Crippen LogP contribution is -2.54. The van der Waals surface area contributed by atoms with Crippen molar-refractivity contribution in [3.63, 3.8) is 0 Å². The number of carbonyl (C=O) groups is 4. The van der Waals surface area contributed by atoms with Crippen LogP contribution in [0.1, 0.15) is 52.7 Å². The normalized spacial score (nSPS) is 18.1. The highest BCUT2D eigenvalue weighted by Crippen LogP contribution is 2.28. The Morgan fingerprint density at radius 3 is 2.36 bits per heavy atom. The number of likely N-dealkylation sites (tertiary alicyclic amines) is 2. The molecule has 16 nitrogen and oxygen atoms in total. The fraction of sp³-hybridized carbons (Fsp3) is 0.389. The monoisotopic (exact) mass is 749 g/mol. The number of ether oxygens (including phenoxy) is 1. The summed E-state index contributed by atoms with van der Waals surface area (Å²) in [6.07, 6.45) is 4.05. The highest BCUT2D eigenvalue weighted by atomic mass is 32.2. The Bertz CT molecular complexity index is 1900. The van der Waals surface area contributed by atoms with E-state index in [2.05, 4.69) is 20.8 Å². The third kappa shape index (κ3) is 10.7. The summed E-state index contributed by atoms with van der Waals surface area (Å²) in [4.78, 5) is 59.0. The molecule has 2 aromatic carbocycles. The van der Waals surface area contributed by atoms with Crippen LogP contribution in [0.25, 0.3) is 0 Å². The summed E-state index contributed by atoms with van der Waals surface area (Å²) in [6, 6.07) is 16.9. The fourth-order valence-corrected chi connectivity index (χ4v) is 7.00. The number of hydrogen-bond donors (Lipinski definition) is 5. The zero-order valence-corrected chi connectivity index (χ0v) is 30.0. The summed E-state index contributed by atoms with van der Waals surface area (Å²) < 4.78 is 38.5. The van der Waals surface area contributed by atoms with Gasteiger partial charge in [0, 0.05) is 50.9 Å². The molecule has 2 saturated heterocycles. The molecular formula is C36H43N7O9S. The Hall–Kier alpha value is -5.23. The first kappa shape index (κ1) is 39.0. The second kappa shape index (κ2) is 18.0. The highest BCUT2D eigenvalue weighted by molar-refractivity contribution is 7.86. The van der Waals surface area contributed by atoms with Gasteiger partial charge in [-0.2, -0.15) is 13.5 Å². The van der Waals surface area contributed by atoms with Gasteiger partial charge in [-0.3, -0.25) is 34.4 Å². The molecule has 0 spiro atoms. The minimum absolute atomic E-state index is 0.00574. The zero-order chi connectivity index (χ0) is 38.0. The number of aryl methyl sites for hydroxylation is 1. The first-order valence-corrected chi connectivity index (χ1v) is 18.6. The van der Waals surface area contributed by atoms with Crippen LogP contribution in [0, 0.1) is 18.8 Å². The van der Waals surface area contributed by atoms with Gasteiger partial charge in [-0.05, 0) is 49.9 Å². The van der Waals surface area contributed by atoms with Crippen molar-refractivity contribution in [3.05, 3.63) is 89.1 Å². The van der Waals surface area contributed by atoms with Crippen molar-refractivity contribution < 1.29 is 42.1 Å². The molecule has 0 aliphatic carbocycles. The van der Waals surface area contributed by atoms with Crippen molar-refractivity contribution in [3.8, 4) is 0 Å². The van der Waals surface area contributed by atoms with Crippen LogP contribution >= 0.6 is 0 Å². The second-order valence-corrected chi connectivity index (χ2v) is 14.3. The molecule has 1 unspecified atom stereocenters. The van der Waals surface area contributed by atoms with Crippen LogP contribution in [0.3, 0.4) is 0 Å². The highest BCUT2D eigenvalue weighted by Gasteiger charge is 2.42. The average Bonchev–Trinajstić information content (AvgIpc) is 3.17. The van der Waals surface area contributed by atoms with E-state index in [-0.39, 0.29) is 72.2 Å². The number of aromatic nitrogens is 1. The minimum Gasteiger partial charge on any atom is -0.373 e. The number of piperidine rings is 2. The molecule has 5 rings (SSSR count). The Labute approximate surface area is 307 Å². The van der Waals surface area contributed by atoms with E-state index < -0.39 is 33.8 Å². The largest absolute Gasteiger partial charge is 0.373 e. The van der Waals surface area contributed by atoms with Gasteiger partial charge in [0.2, 0.25) is 17.7 Å². The van der Waals surface area contributed by atoms with Gasteiger partial charge in [-0.25, -0.2) is 10.5 Å². The molecule has 282 valence electrons. The molecule has 2 aliphatic heterocycles. The Kier molecular flexibility index (Phi) is 13.2. The van der Waals surface area contributed by atoms with Crippen LogP contribution in [-0.4, -0.2) is 102 Å². The molecule has 0 saturated carbocycles. The van der Waals surface area contributed by atoms with Crippen LogP contribution in [0.4, 0.5) is 5.82 Å². The topological polar surface area (TPSA) is 220 Å². The van der Waals surface area contributed by atoms with Crippen molar-refractivity contribution >= 4 is 45.8 Å². The van der Waals surface area contributed by atoms with Crippen molar-refractivity contribution in [2.24, 2.45) is 16.9 Å². The van der Waals surface area contributed by atoms with Gasteiger partial charge in [-0.15, -0.1) is 0 Å². The molecule has 2 atom stereocenters. The van der Waals surface area contributed by atoms with Gasteiger partial charge in [0.25, 0.3) is 16.0 Å². The van der Waals surface area contributed by atoms with Crippen LogP contribution in [0.5, 0.6) is 0 Å². The van der Waals surface area contributed by atoms with E-state index in [1.54, 1.807) is 16.4 Å².